The van der Waals surface area contributed by atoms with Gasteiger partial charge in [-0.15, -0.1) is 11.3 Å². The number of pyridine rings is 1. The lowest BCUT2D eigenvalue weighted by atomic mass is 10.3. The third-order valence-corrected chi connectivity index (χ3v) is 4.53. The van der Waals surface area contributed by atoms with Crippen molar-refractivity contribution in [2.45, 2.75) is 6.92 Å². The molecule has 0 atom stereocenters. The summed E-state index contributed by atoms with van der Waals surface area (Å²) in [5.74, 6) is 2.24. The van der Waals surface area contributed by atoms with E-state index in [1.165, 1.54) is 17.7 Å². The Morgan fingerprint density at radius 3 is 2.67 bits per heavy atom. The lowest BCUT2D eigenvalue weighted by molar-refractivity contribution is 0.102. The third kappa shape index (κ3) is 3.57. The van der Waals surface area contributed by atoms with Gasteiger partial charge >= 0.3 is 0 Å². The molecule has 0 radical (unpaired) electrons. The molecule has 7 heteroatoms. The molecule has 0 saturated heterocycles. The minimum atomic E-state index is 0.0673. The Hall–Kier alpha value is -2.80. The summed E-state index contributed by atoms with van der Waals surface area (Å²) in [5, 5.41) is 3.19. The summed E-state index contributed by atoms with van der Waals surface area (Å²) in [4.78, 5) is 28.0. The van der Waals surface area contributed by atoms with Gasteiger partial charge in [0.25, 0.3) is 0 Å². The van der Waals surface area contributed by atoms with Crippen LogP contribution in [0.1, 0.15) is 16.6 Å². The second kappa shape index (κ2) is 6.76. The average molecular weight is 339 g/mol. The first-order chi connectivity index (χ1) is 11.5. The molecule has 3 aromatic rings. The second-order valence-electron chi connectivity index (χ2n) is 5.41. The Morgan fingerprint density at radius 2 is 1.96 bits per heavy atom. The van der Waals surface area contributed by atoms with Gasteiger partial charge in [0.05, 0.1) is 15.4 Å². The van der Waals surface area contributed by atoms with Crippen molar-refractivity contribution in [1.82, 2.24) is 15.0 Å². The highest BCUT2D eigenvalue weighted by Crippen LogP contribution is 2.28. The van der Waals surface area contributed by atoms with Gasteiger partial charge in [0.15, 0.2) is 5.78 Å². The maximum atomic E-state index is 11.4. The predicted octanol–water partition coefficient (Wildman–Crippen LogP) is 3.61. The van der Waals surface area contributed by atoms with Gasteiger partial charge in [-0.05, 0) is 31.2 Å². The zero-order valence-corrected chi connectivity index (χ0v) is 14.5. The number of hydrogen-bond donors (Lipinski definition) is 1. The van der Waals surface area contributed by atoms with Gasteiger partial charge in [0, 0.05) is 20.2 Å². The number of aromatic nitrogens is 3. The van der Waals surface area contributed by atoms with Crippen LogP contribution in [0.3, 0.4) is 0 Å². The number of thiophene rings is 1. The zero-order valence-electron chi connectivity index (χ0n) is 13.6. The van der Waals surface area contributed by atoms with E-state index in [2.05, 4.69) is 20.3 Å². The number of carbonyl (C=O) groups excluding carboxylic acids is 1. The highest BCUT2D eigenvalue weighted by molar-refractivity contribution is 7.17. The maximum absolute atomic E-state index is 11.4. The first-order valence-corrected chi connectivity index (χ1v) is 8.19. The first-order valence-electron chi connectivity index (χ1n) is 7.37. The van der Waals surface area contributed by atoms with E-state index in [4.69, 9.17) is 0 Å². The van der Waals surface area contributed by atoms with Crippen molar-refractivity contribution >= 4 is 34.6 Å². The number of nitrogens with zero attached hydrogens (tertiary/aromatic N) is 4. The SMILES string of the molecule is CC(=O)c1ccc(-c2cccc(Nc3cc(N(C)C)ncn3)n2)s1. The van der Waals surface area contributed by atoms with Crippen molar-refractivity contribution in [2.75, 3.05) is 24.3 Å². The molecule has 24 heavy (non-hydrogen) atoms. The molecule has 0 aliphatic rings. The van der Waals surface area contributed by atoms with Crippen molar-refractivity contribution in [2.24, 2.45) is 0 Å². The van der Waals surface area contributed by atoms with Crippen LogP contribution in [0.15, 0.2) is 42.7 Å². The molecular formula is C17H17N5OS. The van der Waals surface area contributed by atoms with Crippen molar-refractivity contribution in [3.05, 3.63) is 47.6 Å². The van der Waals surface area contributed by atoms with Crippen LogP contribution in [0.2, 0.25) is 0 Å². The molecule has 0 unspecified atom stereocenters. The van der Waals surface area contributed by atoms with Crippen molar-refractivity contribution in [3.8, 4) is 10.6 Å². The summed E-state index contributed by atoms with van der Waals surface area (Å²) in [7, 11) is 3.85. The van der Waals surface area contributed by atoms with E-state index in [0.29, 0.717) is 11.6 Å². The third-order valence-electron chi connectivity index (χ3n) is 3.32. The zero-order chi connectivity index (χ0) is 17.1. The molecule has 0 amide bonds. The van der Waals surface area contributed by atoms with E-state index in [-0.39, 0.29) is 5.78 Å². The molecule has 6 nitrogen and oxygen atoms in total. The lowest BCUT2D eigenvalue weighted by Gasteiger charge is -2.12. The van der Waals surface area contributed by atoms with Crippen molar-refractivity contribution in [3.63, 3.8) is 0 Å². The molecule has 0 aliphatic heterocycles. The summed E-state index contributed by atoms with van der Waals surface area (Å²) in [6.45, 7) is 1.57. The summed E-state index contributed by atoms with van der Waals surface area (Å²) < 4.78 is 0. The summed E-state index contributed by atoms with van der Waals surface area (Å²) >= 11 is 1.44. The Bertz CT molecular complexity index is 875. The fourth-order valence-electron chi connectivity index (χ4n) is 2.10. The molecule has 0 spiro atoms. The van der Waals surface area contributed by atoms with Gasteiger partial charge in [-0.25, -0.2) is 15.0 Å². The standard InChI is InChI=1S/C17H17N5OS/c1-11(23)13-7-8-14(24-13)12-5-4-6-15(20-12)21-16-9-17(22(2)3)19-10-18-16/h4-10H,1-3H3,(H,18,19,20,21). The molecule has 0 saturated carbocycles. The van der Waals surface area contributed by atoms with Crippen molar-refractivity contribution < 1.29 is 4.79 Å². The number of Topliss-reactive ketones (excluding diaryl/α,β-unsaturated/α-hetero) is 1. The van der Waals surface area contributed by atoms with Gasteiger partial charge in [0.2, 0.25) is 0 Å². The summed E-state index contributed by atoms with van der Waals surface area (Å²) in [6.07, 6.45) is 1.51. The molecule has 0 fully saturated rings. The Morgan fingerprint density at radius 1 is 1.12 bits per heavy atom. The number of anilines is 3. The molecular weight excluding hydrogens is 322 g/mol. The Kier molecular flexibility index (Phi) is 4.52. The van der Waals surface area contributed by atoms with Crippen LogP contribution < -0.4 is 10.2 Å². The van der Waals surface area contributed by atoms with E-state index < -0.39 is 0 Å². The fraction of sp³-hybridized carbons (Fsp3) is 0.176. The van der Waals surface area contributed by atoms with Crippen LogP contribution in [0.4, 0.5) is 17.5 Å². The minimum absolute atomic E-state index is 0.0673. The normalized spacial score (nSPS) is 10.5. The molecule has 1 N–H and O–H groups in total. The van der Waals surface area contributed by atoms with Crippen LogP contribution >= 0.6 is 11.3 Å². The predicted molar refractivity (Wildman–Crippen MR) is 97.2 cm³/mol. The topological polar surface area (TPSA) is 71.0 Å². The van der Waals surface area contributed by atoms with Gasteiger partial charge in [-0.3, -0.25) is 4.79 Å². The lowest BCUT2D eigenvalue weighted by Crippen LogP contribution is -2.11. The van der Waals surface area contributed by atoms with Crippen LogP contribution in [0, 0.1) is 0 Å². The molecule has 3 rings (SSSR count). The Labute approximate surface area is 144 Å². The fourth-order valence-corrected chi connectivity index (χ4v) is 2.97. The number of nitrogens with one attached hydrogen (secondary N) is 1. The molecule has 3 aromatic heterocycles. The Balaban J connectivity index is 1.85. The second-order valence-corrected chi connectivity index (χ2v) is 6.49. The van der Waals surface area contributed by atoms with Crippen LogP contribution in [-0.2, 0) is 0 Å². The number of hydrogen-bond acceptors (Lipinski definition) is 7. The van der Waals surface area contributed by atoms with E-state index in [1.807, 2.05) is 55.4 Å². The van der Waals surface area contributed by atoms with E-state index in [1.54, 1.807) is 6.92 Å². The molecule has 0 aliphatic carbocycles. The van der Waals surface area contributed by atoms with E-state index in [0.717, 1.165) is 21.3 Å². The average Bonchev–Trinajstić information content (AvgIpc) is 3.06. The molecule has 3 heterocycles. The van der Waals surface area contributed by atoms with E-state index >= 15 is 0 Å². The highest BCUT2D eigenvalue weighted by atomic mass is 32.1. The number of carbonyl (C=O) groups is 1. The van der Waals surface area contributed by atoms with Gasteiger partial charge in [0.1, 0.15) is 23.8 Å². The van der Waals surface area contributed by atoms with Gasteiger partial charge in [-0.2, -0.15) is 0 Å². The number of rotatable bonds is 5. The van der Waals surface area contributed by atoms with Crippen LogP contribution in [0.5, 0.6) is 0 Å². The smallest absolute Gasteiger partial charge is 0.169 e. The quantitative estimate of drug-likeness (QED) is 0.716. The number of ketones is 1. The summed E-state index contributed by atoms with van der Waals surface area (Å²) in [5.41, 5.74) is 0.819. The maximum Gasteiger partial charge on any atom is 0.169 e. The van der Waals surface area contributed by atoms with Gasteiger partial charge in [-0.1, -0.05) is 6.07 Å². The monoisotopic (exact) mass is 339 g/mol. The molecule has 122 valence electrons. The first kappa shape index (κ1) is 16.1. The minimum Gasteiger partial charge on any atom is -0.363 e. The van der Waals surface area contributed by atoms with E-state index in [9.17, 15) is 4.79 Å². The van der Waals surface area contributed by atoms with Crippen molar-refractivity contribution in [1.29, 1.82) is 0 Å². The van der Waals surface area contributed by atoms with Crippen LogP contribution in [0.25, 0.3) is 10.6 Å². The highest BCUT2D eigenvalue weighted by Gasteiger charge is 2.08. The molecule has 0 aromatic carbocycles. The summed E-state index contributed by atoms with van der Waals surface area (Å²) in [6, 6.07) is 11.3. The molecule has 0 bridgehead atoms. The van der Waals surface area contributed by atoms with Gasteiger partial charge < -0.3 is 10.2 Å². The van der Waals surface area contributed by atoms with Crippen LogP contribution in [-0.4, -0.2) is 34.8 Å². The largest absolute Gasteiger partial charge is 0.363 e.